The minimum atomic E-state index is -0.833. The monoisotopic (exact) mass is 758 g/mol. The van der Waals surface area contributed by atoms with Crippen molar-refractivity contribution in [2.24, 2.45) is 5.92 Å². The van der Waals surface area contributed by atoms with Crippen LogP contribution in [0.2, 0.25) is 0 Å². The van der Waals surface area contributed by atoms with Crippen LogP contribution in [0, 0.1) is 5.92 Å². The number of pyridine rings is 4. The molecule has 0 saturated carbocycles. The molecule has 0 aromatic carbocycles. The molecule has 0 spiro atoms. The van der Waals surface area contributed by atoms with Gasteiger partial charge in [-0.15, -0.1) is 0 Å². The number of nitrogens with zero attached hydrogens (tertiary/aromatic N) is 4. The SMILES string of the molecule is Brc1cccnc1.CC(=O)O.CC(=O)O.CC(C)(C(=O)c1cccnc1)c1cccnc1.CC(C)C(=O)c1cccnc1.[Pd]. The molecule has 0 aliphatic rings. The summed E-state index contributed by atoms with van der Waals surface area (Å²) in [6, 6.07) is 14.7. The first-order valence-electron chi connectivity index (χ1n) is 12.9. The molecule has 44 heavy (non-hydrogen) atoms. The van der Waals surface area contributed by atoms with Crippen molar-refractivity contribution in [2.75, 3.05) is 0 Å². The number of carboxylic acids is 2. The summed E-state index contributed by atoms with van der Waals surface area (Å²) in [7, 11) is 0. The van der Waals surface area contributed by atoms with Crippen LogP contribution in [0.5, 0.6) is 0 Å². The normalized spacial score (nSPS) is 9.36. The van der Waals surface area contributed by atoms with E-state index in [1.54, 1.807) is 73.8 Å². The van der Waals surface area contributed by atoms with Crippen molar-refractivity contribution >= 4 is 39.4 Å². The standard InChI is InChI=1S/C14H14N2O.C9H11NO.C5H4BrN.2C2H4O2.Pd/c1-14(2,12-6-4-8-16-10-12)13(17)11-5-3-7-15-9-11;1-7(2)9(11)8-4-3-5-10-6-8;6-5-2-1-3-7-4-5;2*1-2(3)4;/h3-10H,1-2H3;3-7H,1-2H3;1-4H;2*1H3,(H,3,4);. The first kappa shape index (κ1) is 42.2. The van der Waals surface area contributed by atoms with Gasteiger partial charge in [-0.1, -0.05) is 19.9 Å². The number of aromatic nitrogens is 4. The van der Waals surface area contributed by atoms with Gasteiger partial charge in [-0.2, -0.15) is 0 Å². The number of Topliss-reactive ketones (excluding diaryl/α,β-unsaturated/α-hetero) is 2. The molecule has 0 aliphatic heterocycles. The van der Waals surface area contributed by atoms with Gasteiger partial charge in [0, 0.05) is 105 Å². The number of aliphatic carboxylic acids is 2. The Morgan fingerprint density at radius 1 is 0.682 bits per heavy atom. The molecular formula is C32H37BrN4O6Pd. The van der Waals surface area contributed by atoms with Gasteiger partial charge in [0.1, 0.15) is 0 Å². The maximum atomic E-state index is 12.4. The molecule has 12 heteroatoms. The average Bonchev–Trinajstić information content (AvgIpc) is 2.98. The van der Waals surface area contributed by atoms with Gasteiger partial charge in [-0.3, -0.25) is 39.1 Å². The zero-order valence-electron chi connectivity index (χ0n) is 25.3. The van der Waals surface area contributed by atoms with Crippen molar-refractivity contribution in [3.8, 4) is 0 Å². The molecule has 4 rings (SSSR count). The average molecular weight is 760 g/mol. The van der Waals surface area contributed by atoms with Crippen molar-refractivity contribution in [3.05, 3.63) is 119 Å². The minimum Gasteiger partial charge on any atom is -0.481 e. The Morgan fingerprint density at radius 3 is 1.36 bits per heavy atom. The predicted octanol–water partition coefficient (Wildman–Crippen LogP) is 6.58. The summed E-state index contributed by atoms with van der Waals surface area (Å²) < 4.78 is 1.02. The zero-order chi connectivity index (χ0) is 32.8. The molecule has 2 N–H and O–H groups in total. The van der Waals surface area contributed by atoms with Crippen LogP contribution in [-0.2, 0) is 35.4 Å². The van der Waals surface area contributed by atoms with Crippen LogP contribution in [-0.4, -0.2) is 53.7 Å². The molecule has 0 amide bonds. The zero-order valence-corrected chi connectivity index (χ0v) is 28.5. The van der Waals surface area contributed by atoms with Crippen molar-refractivity contribution in [3.63, 3.8) is 0 Å². The van der Waals surface area contributed by atoms with E-state index in [1.807, 2.05) is 52.0 Å². The number of rotatable bonds is 5. The Labute approximate surface area is 280 Å². The summed E-state index contributed by atoms with van der Waals surface area (Å²) in [5, 5.41) is 14.8. The molecule has 0 saturated heterocycles. The van der Waals surface area contributed by atoms with Gasteiger partial charge in [0.25, 0.3) is 11.9 Å². The van der Waals surface area contributed by atoms with E-state index in [9.17, 15) is 9.59 Å². The van der Waals surface area contributed by atoms with E-state index in [1.165, 1.54) is 0 Å². The van der Waals surface area contributed by atoms with Gasteiger partial charge in [0.2, 0.25) is 0 Å². The smallest absolute Gasteiger partial charge is 0.300 e. The van der Waals surface area contributed by atoms with Gasteiger partial charge in [-0.25, -0.2) is 0 Å². The van der Waals surface area contributed by atoms with Crippen LogP contribution >= 0.6 is 15.9 Å². The van der Waals surface area contributed by atoms with E-state index in [0.29, 0.717) is 11.1 Å². The number of halogens is 1. The van der Waals surface area contributed by atoms with Crippen molar-refractivity contribution in [1.82, 2.24) is 19.9 Å². The first-order chi connectivity index (χ1) is 20.2. The van der Waals surface area contributed by atoms with Gasteiger partial charge < -0.3 is 10.2 Å². The second-order valence-electron chi connectivity index (χ2n) is 9.41. The van der Waals surface area contributed by atoms with E-state index in [4.69, 9.17) is 19.8 Å². The third-order valence-corrected chi connectivity index (χ3v) is 5.44. The van der Waals surface area contributed by atoms with E-state index < -0.39 is 17.4 Å². The Balaban J connectivity index is 0. The van der Waals surface area contributed by atoms with Gasteiger partial charge in [0.15, 0.2) is 11.6 Å². The summed E-state index contributed by atoms with van der Waals surface area (Å²) in [5.74, 6) is -1.41. The topological polar surface area (TPSA) is 160 Å². The summed E-state index contributed by atoms with van der Waals surface area (Å²) in [6.45, 7) is 9.74. The molecule has 0 radical (unpaired) electrons. The molecule has 0 aliphatic carbocycles. The number of hydrogen-bond donors (Lipinski definition) is 2. The molecule has 238 valence electrons. The fourth-order valence-corrected chi connectivity index (χ4v) is 3.18. The fourth-order valence-electron chi connectivity index (χ4n) is 2.91. The first-order valence-corrected chi connectivity index (χ1v) is 13.7. The summed E-state index contributed by atoms with van der Waals surface area (Å²) in [4.78, 5) is 57.4. The second-order valence-corrected chi connectivity index (χ2v) is 10.3. The molecule has 0 bridgehead atoms. The summed E-state index contributed by atoms with van der Waals surface area (Å²) in [5.41, 5.74) is 1.65. The van der Waals surface area contributed by atoms with Crippen LogP contribution in [0.25, 0.3) is 0 Å². The van der Waals surface area contributed by atoms with Crippen LogP contribution < -0.4 is 0 Å². The molecule has 10 nitrogen and oxygen atoms in total. The Hall–Kier alpha value is -3.98. The Kier molecular flexibility index (Phi) is 22.5. The summed E-state index contributed by atoms with van der Waals surface area (Å²) in [6.07, 6.45) is 13.4. The van der Waals surface area contributed by atoms with Crippen LogP contribution in [0.3, 0.4) is 0 Å². The molecule has 4 aromatic rings. The summed E-state index contributed by atoms with van der Waals surface area (Å²) >= 11 is 3.25. The maximum absolute atomic E-state index is 12.4. The van der Waals surface area contributed by atoms with Crippen LogP contribution in [0.15, 0.2) is 103 Å². The van der Waals surface area contributed by atoms with Crippen molar-refractivity contribution < 1.29 is 49.8 Å². The fraction of sp³-hybridized carbons (Fsp3) is 0.250. The molecule has 0 atom stereocenters. The van der Waals surface area contributed by atoms with E-state index in [0.717, 1.165) is 23.9 Å². The number of carbonyl (C=O) groups is 4. The largest absolute Gasteiger partial charge is 0.481 e. The van der Waals surface area contributed by atoms with Crippen LogP contribution in [0.1, 0.15) is 67.8 Å². The minimum absolute atomic E-state index is 0. The third-order valence-electron chi connectivity index (χ3n) is 4.97. The quantitative estimate of drug-likeness (QED) is 0.168. The van der Waals surface area contributed by atoms with Crippen molar-refractivity contribution in [2.45, 2.75) is 47.0 Å². The second kappa shape index (κ2) is 23.5. The number of hydrogen-bond acceptors (Lipinski definition) is 8. The molecule has 0 unspecified atom stereocenters. The Bertz CT molecular complexity index is 1360. The van der Waals surface area contributed by atoms with Gasteiger partial charge in [0.05, 0.1) is 5.41 Å². The van der Waals surface area contributed by atoms with Gasteiger partial charge in [-0.05, 0) is 77.8 Å². The van der Waals surface area contributed by atoms with Crippen molar-refractivity contribution in [1.29, 1.82) is 0 Å². The van der Waals surface area contributed by atoms with Gasteiger partial charge >= 0.3 is 0 Å². The molecule has 4 aromatic heterocycles. The molecule has 0 fully saturated rings. The predicted molar refractivity (Wildman–Crippen MR) is 168 cm³/mol. The molecular weight excluding hydrogens is 723 g/mol. The van der Waals surface area contributed by atoms with E-state index >= 15 is 0 Å². The molecule has 4 heterocycles. The number of carboxylic acid groups (broad SMARTS) is 2. The Morgan fingerprint density at radius 2 is 1.07 bits per heavy atom. The maximum Gasteiger partial charge on any atom is 0.300 e. The number of carbonyl (C=O) groups excluding carboxylic acids is 2. The van der Waals surface area contributed by atoms with E-state index in [2.05, 4.69) is 35.9 Å². The number of ketones is 2. The third kappa shape index (κ3) is 19.3. The van der Waals surface area contributed by atoms with E-state index in [-0.39, 0.29) is 37.9 Å². The van der Waals surface area contributed by atoms with Crippen LogP contribution in [0.4, 0.5) is 0 Å².